The van der Waals surface area contributed by atoms with Gasteiger partial charge < -0.3 is 10.4 Å². The van der Waals surface area contributed by atoms with Crippen molar-refractivity contribution < 1.29 is 5.11 Å². The highest BCUT2D eigenvalue weighted by atomic mass is 16.3. The molecule has 2 nitrogen and oxygen atoms in total. The maximum atomic E-state index is 8.56. The molecule has 0 unspecified atom stereocenters. The van der Waals surface area contributed by atoms with E-state index in [9.17, 15) is 0 Å². The normalized spacial score (nSPS) is 19.4. The minimum atomic E-state index is 0.167. The van der Waals surface area contributed by atoms with Crippen molar-refractivity contribution in [2.24, 2.45) is 0 Å². The van der Waals surface area contributed by atoms with Gasteiger partial charge in [0.05, 0.1) is 6.61 Å². The molecule has 0 fully saturated rings. The number of hydrogen-bond acceptors (Lipinski definition) is 2. The van der Waals surface area contributed by atoms with Crippen LogP contribution in [-0.4, -0.2) is 18.3 Å². The minimum Gasteiger partial charge on any atom is -0.390 e. The van der Waals surface area contributed by atoms with Crippen LogP contribution >= 0.6 is 0 Å². The third-order valence-corrected chi connectivity index (χ3v) is 1.29. The molecule has 0 aromatic heterocycles. The summed E-state index contributed by atoms with van der Waals surface area (Å²) in [5.74, 6) is 0. The van der Waals surface area contributed by atoms with Crippen molar-refractivity contribution in [2.75, 3.05) is 13.2 Å². The maximum Gasteiger partial charge on any atom is 0.0824 e. The van der Waals surface area contributed by atoms with Crippen LogP contribution in [0.5, 0.6) is 0 Å². The molecule has 1 rings (SSSR count). The van der Waals surface area contributed by atoms with Gasteiger partial charge in [0, 0.05) is 12.2 Å². The highest BCUT2D eigenvalue weighted by Gasteiger charge is 1.97. The van der Waals surface area contributed by atoms with Gasteiger partial charge in [0.1, 0.15) is 0 Å². The molecule has 2 heteroatoms. The van der Waals surface area contributed by atoms with Crippen LogP contribution in [0.15, 0.2) is 11.8 Å². The molecule has 1 aliphatic heterocycles. The van der Waals surface area contributed by atoms with E-state index < -0.39 is 0 Å². The van der Waals surface area contributed by atoms with Crippen LogP contribution in [-0.2, 0) is 0 Å². The zero-order valence-corrected chi connectivity index (χ0v) is 4.85. The molecule has 0 saturated carbocycles. The molecule has 0 aromatic rings. The molecule has 0 atom stereocenters. The van der Waals surface area contributed by atoms with Gasteiger partial charge in [-0.2, -0.15) is 0 Å². The Kier molecular flexibility index (Phi) is 1.92. The highest BCUT2D eigenvalue weighted by molar-refractivity contribution is 5.02. The molecule has 8 heavy (non-hydrogen) atoms. The Bertz CT molecular complexity index is 98.7. The van der Waals surface area contributed by atoms with E-state index in [2.05, 4.69) is 5.32 Å². The lowest BCUT2D eigenvalue weighted by Gasteiger charge is -2.12. The van der Waals surface area contributed by atoms with Gasteiger partial charge in [0.25, 0.3) is 0 Å². The molecule has 1 heterocycles. The van der Waals surface area contributed by atoms with Crippen LogP contribution in [0.4, 0.5) is 0 Å². The van der Waals surface area contributed by atoms with Crippen molar-refractivity contribution in [3.8, 4) is 0 Å². The van der Waals surface area contributed by atoms with Crippen molar-refractivity contribution >= 4 is 0 Å². The molecule has 46 valence electrons. The Labute approximate surface area is 49.2 Å². The topological polar surface area (TPSA) is 32.3 Å². The summed E-state index contributed by atoms with van der Waals surface area (Å²) < 4.78 is 0. The van der Waals surface area contributed by atoms with Crippen molar-refractivity contribution in [1.29, 1.82) is 0 Å². The number of hydrogen-bond donors (Lipinski definition) is 2. The van der Waals surface area contributed by atoms with Gasteiger partial charge in [0.15, 0.2) is 0 Å². The second-order valence-corrected chi connectivity index (χ2v) is 1.96. The zero-order valence-electron chi connectivity index (χ0n) is 4.85. The molecule has 0 amide bonds. The van der Waals surface area contributed by atoms with E-state index in [1.54, 1.807) is 0 Å². The molecular weight excluding hydrogens is 102 g/mol. The van der Waals surface area contributed by atoms with E-state index >= 15 is 0 Å². The lowest BCUT2D eigenvalue weighted by Crippen LogP contribution is -2.20. The molecule has 0 radical (unpaired) electrons. The summed E-state index contributed by atoms with van der Waals surface area (Å²) in [5, 5.41) is 11.6. The summed E-state index contributed by atoms with van der Waals surface area (Å²) in [4.78, 5) is 0. The first-order valence-corrected chi connectivity index (χ1v) is 2.97. The monoisotopic (exact) mass is 113 g/mol. The standard InChI is InChI=1S/C6H11NO/c8-5-6-3-1-2-4-7-6/h3,7-8H,1-2,4-5H2. The van der Waals surface area contributed by atoms with E-state index in [0.29, 0.717) is 0 Å². The summed E-state index contributed by atoms with van der Waals surface area (Å²) in [7, 11) is 0. The van der Waals surface area contributed by atoms with Crippen LogP contribution in [0.1, 0.15) is 12.8 Å². The third-order valence-electron chi connectivity index (χ3n) is 1.29. The molecular formula is C6H11NO. The van der Waals surface area contributed by atoms with Crippen molar-refractivity contribution in [3.05, 3.63) is 11.8 Å². The lowest BCUT2D eigenvalue weighted by atomic mass is 10.2. The average Bonchev–Trinajstić information content (AvgIpc) is 1.90. The van der Waals surface area contributed by atoms with Gasteiger partial charge in [0.2, 0.25) is 0 Å². The Balaban J connectivity index is 2.37. The summed E-state index contributed by atoms with van der Waals surface area (Å²) >= 11 is 0. The van der Waals surface area contributed by atoms with Crippen molar-refractivity contribution in [3.63, 3.8) is 0 Å². The molecule has 0 saturated heterocycles. The van der Waals surface area contributed by atoms with E-state index in [4.69, 9.17) is 5.11 Å². The predicted octanol–water partition coefficient (Wildman–Crippen LogP) is 0.246. The summed E-state index contributed by atoms with van der Waals surface area (Å²) in [6, 6.07) is 0. The van der Waals surface area contributed by atoms with Gasteiger partial charge >= 0.3 is 0 Å². The zero-order chi connectivity index (χ0) is 5.82. The Morgan fingerprint density at radius 3 is 3.00 bits per heavy atom. The van der Waals surface area contributed by atoms with Crippen LogP contribution < -0.4 is 5.32 Å². The maximum absolute atomic E-state index is 8.56. The second-order valence-electron chi connectivity index (χ2n) is 1.96. The Hall–Kier alpha value is -0.500. The fourth-order valence-electron chi connectivity index (χ4n) is 0.820. The quantitative estimate of drug-likeness (QED) is 0.510. The Morgan fingerprint density at radius 2 is 2.62 bits per heavy atom. The molecule has 0 aromatic carbocycles. The molecule has 1 aliphatic rings. The number of allylic oxidation sites excluding steroid dienone is 1. The largest absolute Gasteiger partial charge is 0.390 e. The number of aliphatic hydroxyl groups is 1. The van der Waals surface area contributed by atoms with Crippen LogP contribution in [0.25, 0.3) is 0 Å². The highest BCUT2D eigenvalue weighted by Crippen LogP contribution is 2.00. The minimum absolute atomic E-state index is 0.167. The number of rotatable bonds is 1. The van der Waals surface area contributed by atoms with Gasteiger partial charge in [-0.05, 0) is 12.8 Å². The summed E-state index contributed by atoms with van der Waals surface area (Å²) in [5.41, 5.74) is 0.983. The van der Waals surface area contributed by atoms with Gasteiger partial charge in [-0.25, -0.2) is 0 Å². The van der Waals surface area contributed by atoms with E-state index in [-0.39, 0.29) is 6.61 Å². The third kappa shape index (κ3) is 1.23. The Morgan fingerprint density at radius 1 is 1.75 bits per heavy atom. The van der Waals surface area contributed by atoms with E-state index in [0.717, 1.165) is 18.7 Å². The molecule has 2 N–H and O–H groups in total. The fraction of sp³-hybridized carbons (Fsp3) is 0.667. The molecule has 0 aliphatic carbocycles. The number of nitrogens with one attached hydrogen (secondary N) is 1. The van der Waals surface area contributed by atoms with Gasteiger partial charge in [-0.1, -0.05) is 6.08 Å². The first-order chi connectivity index (χ1) is 3.93. The van der Waals surface area contributed by atoms with E-state index in [1.807, 2.05) is 6.08 Å². The number of aliphatic hydroxyl groups excluding tert-OH is 1. The lowest BCUT2D eigenvalue weighted by molar-refractivity contribution is 0.318. The molecule has 0 bridgehead atoms. The predicted molar refractivity (Wildman–Crippen MR) is 32.4 cm³/mol. The van der Waals surface area contributed by atoms with Crippen LogP contribution in [0, 0.1) is 0 Å². The van der Waals surface area contributed by atoms with Crippen LogP contribution in [0.3, 0.4) is 0 Å². The van der Waals surface area contributed by atoms with Crippen LogP contribution in [0.2, 0.25) is 0 Å². The first kappa shape index (κ1) is 5.63. The summed E-state index contributed by atoms with van der Waals surface area (Å²) in [6.07, 6.45) is 4.36. The SMILES string of the molecule is OCC1=CCCCN1. The first-order valence-electron chi connectivity index (χ1n) is 2.97. The molecule has 0 spiro atoms. The van der Waals surface area contributed by atoms with Gasteiger partial charge in [-0.3, -0.25) is 0 Å². The van der Waals surface area contributed by atoms with Crippen molar-refractivity contribution in [1.82, 2.24) is 5.32 Å². The fourth-order valence-corrected chi connectivity index (χ4v) is 0.820. The summed E-state index contributed by atoms with van der Waals surface area (Å²) in [6.45, 7) is 1.19. The second kappa shape index (κ2) is 2.72. The van der Waals surface area contributed by atoms with Crippen molar-refractivity contribution in [2.45, 2.75) is 12.8 Å². The van der Waals surface area contributed by atoms with Gasteiger partial charge in [-0.15, -0.1) is 0 Å². The van der Waals surface area contributed by atoms with E-state index in [1.165, 1.54) is 6.42 Å². The smallest absolute Gasteiger partial charge is 0.0824 e. The average molecular weight is 113 g/mol.